The molecule has 1 aromatic heterocycles. The van der Waals surface area contributed by atoms with Gasteiger partial charge in [-0.05, 0) is 25.1 Å². The SMILES string of the molecule is COC(=O)c1cc(C)nc2cccc(Cl)c12. The van der Waals surface area contributed by atoms with Gasteiger partial charge in [0.1, 0.15) is 0 Å². The van der Waals surface area contributed by atoms with Crippen molar-refractivity contribution in [3.8, 4) is 0 Å². The van der Waals surface area contributed by atoms with Crippen molar-refractivity contribution in [2.75, 3.05) is 7.11 Å². The van der Waals surface area contributed by atoms with Crippen molar-refractivity contribution in [1.29, 1.82) is 0 Å². The number of rotatable bonds is 1. The molecular weight excluding hydrogens is 226 g/mol. The molecule has 3 nitrogen and oxygen atoms in total. The monoisotopic (exact) mass is 235 g/mol. The van der Waals surface area contributed by atoms with Crippen LogP contribution in [0.2, 0.25) is 5.02 Å². The summed E-state index contributed by atoms with van der Waals surface area (Å²) in [5.74, 6) is -0.399. The van der Waals surface area contributed by atoms with Crippen molar-refractivity contribution in [3.05, 3.63) is 40.5 Å². The lowest BCUT2D eigenvalue weighted by Crippen LogP contribution is -2.04. The maximum atomic E-state index is 11.6. The van der Waals surface area contributed by atoms with Gasteiger partial charge >= 0.3 is 5.97 Å². The number of ether oxygens (including phenoxy) is 1. The van der Waals surface area contributed by atoms with Crippen LogP contribution in [0.5, 0.6) is 0 Å². The number of benzene rings is 1. The molecule has 0 saturated heterocycles. The number of nitrogens with zero attached hydrogens (tertiary/aromatic N) is 1. The first kappa shape index (κ1) is 10.9. The Morgan fingerprint density at radius 2 is 2.19 bits per heavy atom. The average Bonchev–Trinajstić information content (AvgIpc) is 2.27. The van der Waals surface area contributed by atoms with Gasteiger partial charge in [-0.25, -0.2) is 4.79 Å². The van der Waals surface area contributed by atoms with E-state index in [4.69, 9.17) is 16.3 Å². The molecule has 0 aliphatic heterocycles. The Morgan fingerprint density at radius 1 is 1.44 bits per heavy atom. The van der Waals surface area contributed by atoms with E-state index in [-0.39, 0.29) is 0 Å². The topological polar surface area (TPSA) is 39.2 Å². The van der Waals surface area contributed by atoms with Crippen molar-refractivity contribution >= 4 is 28.5 Å². The number of aromatic nitrogens is 1. The van der Waals surface area contributed by atoms with Gasteiger partial charge in [0.25, 0.3) is 0 Å². The molecule has 0 bridgehead atoms. The molecule has 0 N–H and O–H groups in total. The first-order valence-corrected chi connectivity index (χ1v) is 5.15. The largest absolute Gasteiger partial charge is 0.465 e. The third-order valence-corrected chi connectivity index (χ3v) is 2.63. The molecule has 0 spiro atoms. The van der Waals surface area contributed by atoms with E-state index in [1.54, 1.807) is 18.2 Å². The number of carbonyl (C=O) groups excluding carboxylic acids is 1. The number of pyridine rings is 1. The Balaban J connectivity index is 2.85. The highest BCUT2D eigenvalue weighted by molar-refractivity contribution is 6.36. The summed E-state index contributed by atoms with van der Waals surface area (Å²) in [6.07, 6.45) is 0. The normalized spacial score (nSPS) is 10.4. The van der Waals surface area contributed by atoms with Crippen LogP contribution in [0.1, 0.15) is 16.1 Å². The molecule has 2 aromatic rings. The predicted molar refractivity (Wildman–Crippen MR) is 62.8 cm³/mol. The van der Waals surface area contributed by atoms with Gasteiger partial charge in [-0.3, -0.25) is 4.98 Å². The van der Waals surface area contributed by atoms with Gasteiger partial charge < -0.3 is 4.74 Å². The maximum absolute atomic E-state index is 11.6. The van der Waals surface area contributed by atoms with Crippen LogP contribution in [0.15, 0.2) is 24.3 Å². The minimum atomic E-state index is -0.399. The zero-order valence-corrected chi connectivity index (χ0v) is 9.71. The number of methoxy groups -OCH3 is 1. The lowest BCUT2D eigenvalue weighted by atomic mass is 10.1. The van der Waals surface area contributed by atoms with E-state index in [9.17, 15) is 4.79 Å². The predicted octanol–water partition coefficient (Wildman–Crippen LogP) is 2.98. The zero-order valence-electron chi connectivity index (χ0n) is 8.95. The fourth-order valence-electron chi connectivity index (χ4n) is 1.65. The Kier molecular flexibility index (Phi) is 2.79. The van der Waals surface area contributed by atoms with Crippen molar-refractivity contribution in [1.82, 2.24) is 4.98 Å². The van der Waals surface area contributed by atoms with Gasteiger partial charge in [0.15, 0.2) is 0 Å². The third kappa shape index (κ3) is 1.74. The Labute approximate surface area is 98.0 Å². The molecule has 2 rings (SSSR count). The van der Waals surface area contributed by atoms with Crippen LogP contribution in [-0.2, 0) is 4.74 Å². The molecular formula is C12H10ClNO2. The Morgan fingerprint density at radius 3 is 2.88 bits per heavy atom. The number of fused-ring (bicyclic) bond motifs is 1. The minimum Gasteiger partial charge on any atom is -0.465 e. The standard InChI is InChI=1S/C12H10ClNO2/c1-7-6-8(12(15)16-2)11-9(13)4-3-5-10(11)14-7/h3-6H,1-2H3. The summed E-state index contributed by atoms with van der Waals surface area (Å²) in [5.41, 5.74) is 1.92. The van der Waals surface area contributed by atoms with E-state index in [2.05, 4.69) is 4.98 Å². The van der Waals surface area contributed by atoms with Gasteiger partial charge in [0.05, 0.1) is 23.2 Å². The summed E-state index contributed by atoms with van der Waals surface area (Å²) in [5, 5.41) is 1.15. The maximum Gasteiger partial charge on any atom is 0.338 e. The highest BCUT2D eigenvalue weighted by Gasteiger charge is 2.14. The van der Waals surface area contributed by atoms with Gasteiger partial charge in [0, 0.05) is 11.1 Å². The lowest BCUT2D eigenvalue weighted by molar-refractivity contribution is 0.0603. The first-order chi connectivity index (χ1) is 7.63. The third-order valence-electron chi connectivity index (χ3n) is 2.32. The van der Waals surface area contributed by atoms with Crippen LogP contribution in [0.4, 0.5) is 0 Å². The second kappa shape index (κ2) is 4.10. The molecule has 4 heteroatoms. The van der Waals surface area contributed by atoms with E-state index in [0.717, 1.165) is 5.69 Å². The first-order valence-electron chi connectivity index (χ1n) is 4.77. The van der Waals surface area contributed by atoms with Crippen molar-refractivity contribution in [2.24, 2.45) is 0 Å². The molecule has 0 aliphatic carbocycles. The second-order valence-corrected chi connectivity index (χ2v) is 3.84. The molecule has 82 valence electrons. The van der Waals surface area contributed by atoms with Crippen LogP contribution < -0.4 is 0 Å². The van der Waals surface area contributed by atoms with E-state index < -0.39 is 5.97 Å². The smallest absolute Gasteiger partial charge is 0.338 e. The van der Waals surface area contributed by atoms with Crippen LogP contribution >= 0.6 is 11.6 Å². The number of aryl methyl sites for hydroxylation is 1. The number of esters is 1. The highest BCUT2D eigenvalue weighted by Crippen LogP contribution is 2.26. The van der Waals surface area contributed by atoms with Crippen molar-refractivity contribution in [2.45, 2.75) is 6.92 Å². The molecule has 0 amide bonds. The summed E-state index contributed by atoms with van der Waals surface area (Å²) in [6, 6.07) is 7.03. The Bertz CT molecular complexity index is 566. The van der Waals surface area contributed by atoms with E-state index in [1.165, 1.54) is 7.11 Å². The summed E-state index contributed by atoms with van der Waals surface area (Å²) in [6.45, 7) is 1.83. The average molecular weight is 236 g/mol. The van der Waals surface area contributed by atoms with Gasteiger partial charge in [-0.1, -0.05) is 17.7 Å². The lowest BCUT2D eigenvalue weighted by Gasteiger charge is -2.07. The molecule has 0 aliphatic rings. The molecule has 0 radical (unpaired) electrons. The fourth-order valence-corrected chi connectivity index (χ4v) is 1.92. The molecule has 0 fully saturated rings. The number of carbonyl (C=O) groups is 1. The Hall–Kier alpha value is -1.61. The van der Waals surface area contributed by atoms with Crippen molar-refractivity contribution < 1.29 is 9.53 Å². The summed E-state index contributed by atoms with van der Waals surface area (Å²) in [7, 11) is 1.35. The highest BCUT2D eigenvalue weighted by atomic mass is 35.5. The molecule has 16 heavy (non-hydrogen) atoms. The van der Waals surface area contributed by atoms with E-state index >= 15 is 0 Å². The van der Waals surface area contributed by atoms with Crippen LogP contribution in [0, 0.1) is 6.92 Å². The zero-order chi connectivity index (χ0) is 11.7. The van der Waals surface area contributed by atoms with Crippen LogP contribution in [0.25, 0.3) is 10.9 Å². The number of halogens is 1. The van der Waals surface area contributed by atoms with E-state index in [0.29, 0.717) is 21.5 Å². The van der Waals surface area contributed by atoms with Gasteiger partial charge in [-0.15, -0.1) is 0 Å². The van der Waals surface area contributed by atoms with Gasteiger partial charge in [-0.2, -0.15) is 0 Å². The quantitative estimate of drug-likeness (QED) is 0.714. The molecule has 0 unspecified atom stereocenters. The molecule has 1 aromatic carbocycles. The summed E-state index contributed by atoms with van der Waals surface area (Å²) in [4.78, 5) is 15.9. The second-order valence-electron chi connectivity index (χ2n) is 3.44. The summed E-state index contributed by atoms with van der Waals surface area (Å²) < 4.78 is 4.73. The van der Waals surface area contributed by atoms with Gasteiger partial charge in [0.2, 0.25) is 0 Å². The van der Waals surface area contributed by atoms with E-state index in [1.807, 2.05) is 13.0 Å². The summed E-state index contributed by atoms with van der Waals surface area (Å²) >= 11 is 6.07. The molecule has 0 saturated carbocycles. The fraction of sp³-hybridized carbons (Fsp3) is 0.167. The molecule has 1 heterocycles. The number of hydrogen-bond acceptors (Lipinski definition) is 3. The van der Waals surface area contributed by atoms with Crippen LogP contribution in [0.3, 0.4) is 0 Å². The minimum absolute atomic E-state index is 0.399. The van der Waals surface area contributed by atoms with Crippen molar-refractivity contribution in [3.63, 3.8) is 0 Å². The van der Waals surface area contributed by atoms with Crippen LogP contribution in [-0.4, -0.2) is 18.1 Å². The molecule has 0 atom stereocenters. The number of hydrogen-bond donors (Lipinski definition) is 0.